The van der Waals surface area contributed by atoms with Crippen molar-refractivity contribution in [2.24, 2.45) is 0 Å². The van der Waals surface area contributed by atoms with E-state index in [0.29, 0.717) is 0 Å². The van der Waals surface area contributed by atoms with Crippen LogP contribution in [0.5, 0.6) is 0 Å². The fourth-order valence-corrected chi connectivity index (χ4v) is 2.57. The van der Waals surface area contributed by atoms with Gasteiger partial charge in [-0.2, -0.15) is 0 Å². The van der Waals surface area contributed by atoms with Crippen LogP contribution in [0.3, 0.4) is 0 Å². The molecule has 0 saturated carbocycles. The first-order chi connectivity index (χ1) is 11.2. The van der Waals surface area contributed by atoms with E-state index >= 15 is 0 Å². The van der Waals surface area contributed by atoms with Crippen molar-refractivity contribution >= 4 is 11.6 Å². The number of rotatable bonds is 5. The summed E-state index contributed by atoms with van der Waals surface area (Å²) in [6, 6.07) is 8.65. The number of benzene rings is 1. The summed E-state index contributed by atoms with van der Waals surface area (Å²) in [5.41, 5.74) is 1.11. The van der Waals surface area contributed by atoms with Crippen molar-refractivity contribution in [1.82, 2.24) is 9.97 Å². The largest absolute Gasteiger partial charge is 0.378 e. The highest BCUT2D eigenvalue weighted by molar-refractivity contribution is 5.50. The van der Waals surface area contributed by atoms with Crippen LogP contribution in [0.2, 0.25) is 0 Å². The highest BCUT2D eigenvalue weighted by Crippen LogP contribution is 2.18. The van der Waals surface area contributed by atoms with E-state index in [0.717, 1.165) is 56.5 Å². The maximum absolute atomic E-state index is 12.9. The predicted octanol–water partition coefficient (Wildman–Crippen LogP) is 2.13. The first kappa shape index (κ1) is 15.7. The number of halogens is 1. The monoisotopic (exact) mass is 316 g/mol. The third-order valence-electron chi connectivity index (χ3n) is 4.01. The van der Waals surface area contributed by atoms with Gasteiger partial charge in [0, 0.05) is 32.7 Å². The summed E-state index contributed by atoms with van der Waals surface area (Å²) in [7, 11) is 2.01. The summed E-state index contributed by atoms with van der Waals surface area (Å²) in [6.07, 6.45) is 2.45. The van der Waals surface area contributed by atoms with Gasteiger partial charge >= 0.3 is 0 Å². The maximum Gasteiger partial charge on any atom is 0.134 e. The zero-order valence-electron chi connectivity index (χ0n) is 13.3. The Hall–Kier alpha value is -2.21. The Morgan fingerprint density at radius 1 is 1.17 bits per heavy atom. The second-order valence-corrected chi connectivity index (χ2v) is 5.63. The average Bonchev–Trinajstić information content (AvgIpc) is 2.62. The van der Waals surface area contributed by atoms with Crippen LogP contribution in [0.15, 0.2) is 36.7 Å². The number of aromatic nitrogens is 2. The Kier molecular flexibility index (Phi) is 5.02. The van der Waals surface area contributed by atoms with Gasteiger partial charge in [-0.05, 0) is 24.1 Å². The van der Waals surface area contributed by atoms with E-state index < -0.39 is 0 Å². The second-order valence-electron chi connectivity index (χ2n) is 5.63. The van der Waals surface area contributed by atoms with Crippen molar-refractivity contribution in [1.29, 1.82) is 0 Å². The number of ether oxygens (including phenoxy) is 1. The van der Waals surface area contributed by atoms with Gasteiger partial charge in [0.1, 0.15) is 23.8 Å². The standard InChI is InChI=1S/C17H21FN4O/c1-21(7-6-14-2-4-15(18)5-3-14)16-12-17(20-13-19-16)22-8-10-23-11-9-22/h2-5,12-13H,6-11H2,1H3. The highest BCUT2D eigenvalue weighted by atomic mass is 19.1. The van der Waals surface area contributed by atoms with E-state index in [4.69, 9.17) is 4.74 Å². The molecule has 1 aliphatic rings. The van der Waals surface area contributed by atoms with E-state index in [9.17, 15) is 4.39 Å². The van der Waals surface area contributed by atoms with Gasteiger partial charge in [-0.25, -0.2) is 14.4 Å². The van der Waals surface area contributed by atoms with Crippen molar-refractivity contribution in [3.05, 3.63) is 48.0 Å². The lowest BCUT2D eigenvalue weighted by Gasteiger charge is -2.28. The van der Waals surface area contributed by atoms with Crippen molar-refractivity contribution in [3.63, 3.8) is 0 Å². The Bertz CT molecular complexity index is 629. The molecule has 0 spiro atoms. The van der Waals surface area contributed by atoms with Gasteiger partial charge in [0.05, 0.1) is 13.2 Å². The van der Waals surface area contributed by atoms with Gasteiger partial charge < -0.3 is 14.5 Å². The molecule has 0 aliphatic carbocycles. The third kappa shape index (κ3) is 4.16. The molecule has 1 aliphatic heterocycles. The molecule has 6 heteroatoms. The zero-order chi connectivity index (χ0) is 16.1. The molecule has 0 atom stereocenters. The van der Waals surface area contributed by atoms with Crippen LogP contribution in [0.25, 0.3) is 0 Å². The van der Waals surface area contributed by atoms with Crippen LogP contribution >= 0.6 is 0 Å². The lowest BCUT2D eigenvalue weighted by atomic mass is 10.1. The molecule has 122 valence electrons. The molecule has 0 N–H and O–H groups in total. The molecule has 1 aromatic heterocycles. The number of anilines is 2. The number of morpholine rings is 1. The molecule has 1 saturated heterocycles. The predicted molar refractivity (Wildman–Crippen MR) is 88.4 cm³/mol. The highest BCUT2D eigenvalue weighted by Gasteiger charge is 2.14. The number of hydrogen-bond donors (Lipinski definition) is 0. The summed E-state index contributed by atoms with van der Waals surface area (Å²) in [5, 5.41) is 0. The lowest BCUT2D eigenvalue weighted by molar-refractivity contribution is 0.122. The SMILES string of the molecule is CN(CCc1ccc(F)cc1)c1cc(N2CCOCC2)ncn1. The normalized spacial score (nSPS) is 14.8. The third-order valence-corrected chi connectivity index (χ3v) is 4.01. The van der Waals surface area contributed by atoms with Crippen molar-refractivity contribution < 1.29 is 9.13 Å². The van der Waals surface area contributed by atoms with E-state index in [1.807, 2.05) is 25.2 Å². The minimum Gasteiger partial charge on any atom is -0.378 e. The Labute approximate surface area is 135 Å². The molecule has 0 unspecified atom stereocenters. The van der Waals surface area contributed by atoms with Gasteiger partial charge in [0.25, 0.3) is 0 Å². The Morgan fingerprint density at radius 2 is 1.91 bits per heavy atom. The zero-order valence-corrected chi connectivity index (χ0v) is 13.3. The summed E-state index contributed by atoms with van der Waals surface area (Å²) < 4.78 is 18.3. The van der Waals surface area contributed by atoms with E-state index in [2.05, 4.69) is 19.8 Å². The molecule has 5 nitrogen and oxygen atoms in total. The summed E-state index contributed by atoms with van der Waals surface area (Å²) in [4.78, 5) is 13.0. The Morgan fingerprint density at radius 3 is 2.65 bits per heavy atom. The van der Waals surface area contributed by atoms with Gasteiger partial charge in [0.15, 0.2) is 0 Å². The second kappa shape index (κ2) is 7.37. The molecule has 0 radical (unpaired) electrons. The smallest absolute Gasteiger partial charge is 0.134 e. The van der Waals surface area contributed by atoms with E-state index in [-0.39, 0.29) is 5.82 Å². The molecule has 3 rings (SSSR count). The molecule has 0 bridgehead atoms. The summed E-state index contributed by atoms with van der Waals surface area (Å²) >= 11 is 0. The molecular weight excluding hydrogens is 295 g/mol. The fraction of sp³-hybridized carbons (Fsp3) is 0.412. The van der Waals surface area contributed by atoms with Crippen LogP contribution < -0.4 is 9.80 Å². The first-order valence-electron chi connectivity index (χ1n) is 7.83. The molecular formula is C17H21FN4O. The molecule has 1 aromatic carbocycles. The van der Waals surface area contributed by atoms with Crippen molar-refractivity contribution in [2.75, 3.05) is 49.7 Å². The minimum atomic E-state index is -0.201. The van der Waals surface area contributed by atoms with Crippen LogP contribution in [0, 0.1) is 5.82 Å². The van der Waals surface area contributed by atoms with E-state index in [1.165, 1.54) is 12.1 Å². The van der Waals surface area contributed by atoms with Gasteiger partial charge in [-0.1, -0.05) is 12.1 Å². The molecule has 2 heterocycles. The van der Waals surface area contributed by atoms with Gasteiger partial charge in [-0.15, -0.1) is 0 Å². The maximum atomic E-state index is 12.9. The Balaban J connectivity index is 1.62. The number of likely N-dealkylation sites (N-methyl/N-ethyl adjacent to an activating group) is 1. The minimum absolute atomic E-state index is 0.201. The lowest BCUT2D eigenvalue weighted by Crippen LogP contribution is -2.37. The summed E-state index contributed by atoms with van der Waals surface area (Å²) in [5.74, 6) is 1.63. The van der Waals surface area contributed by atoms with Crippen LogP contribution in [-0.4, -0.2) is 49.9 Å². The molecule has 2 aromatic rings. The topological polar surface area (TPSA) is 41.5 Å². The fourth-order valence-electron chi connectivity index (χ4n) is 2.57. The first-order valence-corrected chi connectivity index (χ1v) is 7.83. The van der Waals surface area contributed by atoms with Crippen molar-refractivity contribution in [2.45, 2.75) is 6.42 Å². The van der Waals surface area contributed by atoms with Crippen LogP contribution in [-0.2, 0) is 11.2 Å². The van der Waals surface area contributed by atoms with Crippen molar-refractivity contribution in [3.8, 4) is 0 Å². The van der Waals surface area contributed by atoms with Crippen LogP contribution in [0.1, 0.15) is 5.56 Å². The van der Waals surface area contributed by atoms with Crippen LogP contribution in [0.4, 0.5) is 16.0 Å². The van der Waals surface area contributed by atoms with E-state index in [1.54, 1.807) is 6.33 Å². The molecule has 0 amide bonds. The molecule has 1 fully saturated rings. The molecule has 23 heavy (non-hydrogen) atoms. The number of nitrogens with zero attached hydrogens (tertiary/aromatic N) is 4. The summed E-state index contributed by atoms with van der Waals surface area (Å²) in [6.45, 7) is 4.00. The van der Waals surface area contributed by atoms with Gasteiger partial charge in [0.2, 0.25) is 0 Å². The average molecular weight is 316 g/mol. The quantitative estimate of drug-likeness (QED) is 0.845. The van der Waals surface area contributed by atoms with Gasteiger partial charge in [-0.3, -0.25) is 0 Å². The number of hydrogen-bond acceptors (Lipinski definition) is 5.